The lowest BCUT2D eigenvalue weighted by molar-refractivity contribution is 0.0226. The second kappa shape index (κ2) is 9.15. The molecule has 3 rings (SSSR count). The average molecular weight is 344 g/mol. The predicted octanol–water partition coefficient (Wildman–Crippen LogP) is 1.84. The second-order valence-corrected chi connectivity index (χ2v) is 6.58. The number of rotatable bonds is 8. The van der Waals surface area contributed by atoms with E-state index in [1.54, 1.807) is 7.11 Å². The molecular weight excluding hydrogens is 316 g/mol. The summed E-state index contributed by atoms with van der Waals surface area (Å²) < 4.78 is 11.0. The van der Waals surface area contributed by atoms with Gasteiger partial charge in [-0.05, 0) is 11.5 Å². The molecule has 1 unspecified atom stereocenters. The van der Waals surface area contributed by atoms with Crippen molar-refractivity contribution in [2.75, 3.05) is 59.6 Å². The highest BCUT2D eigenvalue weighted by Gasteiger charge is 2.19. The maximum absolute atomic E-state index is 9.82. The fourth-order valence-corrected chi connectivity index (χ4v) is 3.34. The number of benzene rings is 2. The zero-order valence-corrected chi connectivity index (χ0v) is 14.9. The smallest absolute Gasteiger partial charge is 0.127 e. The van der Waals surface area contributed by atoms with Crippen LogP contribution in [-0.4, -0.2) is 80.6 Å². The maximum atomic E-state index is 9.82. The van der Waals surface area contributed by atoms with Gasteiger partial charge in [0.1, 0.15) is 12.4 Å². The first-order valence-corrected chi connectivity index (χ1v) is 8.98. The van der Waals surface area contributed by atoms with E-state index in [9.17, 15) is 5.11 Å². The molecule has 0 spiro atoms. The summed E-state index contributed by atoms with van der Waals surface area (Å²) in [7, 11) is 1.62. The lowest BCUT2D eigenvalue weighted by atomic mass is 10.1. The normalized spacial score (nSPS) is 17.7. The van der Waals surface area contributed by atoms with Gasteiger partial charge < -0.3 is 14.6 Å². The van der Waals surface area contributed by atoms with Gasteiger partial charge in [-0.1, -0.05) is 36.4 Å². The summed E-state index contributed by atoms with van der Waals surface area (Å²) in [5.74, 6) is 0.958. The largest absolute Gasteiger partial charge is 0.492 e. The fourth-order valence-electron chi connectivity index (χ4n) is 3.34. The van der Waals surface area contributed by atoms with E-state index in [2.05, 4.69) is 34.1 Å². The summed E-state index contributed by atoms with van der Waals surface area (Å²) in [6, 6.07) is 14.5. The van der Waals surface area contributed by atoms with E-state index in [-0.39, 0.29) is 0 Å². The molecule has 1 saturated heterocycles. The molecule has 1 heterocycles. The van der Waals surface area contributed by atoms with Crippen LogP contribution in [0.3, 0.4) is 0 Å². The summed E-state index contributed by atoms with van der Waals surface area (Å²) in [6.45, 7) is 6.70. The molecule has 1 aliphatic rings. The van der Waals surface area contributed by atoms with Crippen LogP contribution in [0.5, 0.6) is 5.75 Å². The molecule has 2 aromatic carbocycles. The molecule has 0 bridgehead atoms. The number of fused-ring (bicyclic) bond motifs is 1. The van der Waals surface area contributed by atoms with Crippen molar-refractivity contribution >= 4 is 10.8 Å². The van der Waals surface area contributed by atoms with Crippen molar-refractivity contribution in [1.82, 2.24) is 9.80 Å². The standard InChI is InChI=1S/C20H28N2O3/c1-24-16-18(23)15-22-11-9-21(10-12-22)13-14-25-20-8-4-6-17-5-2-3-7-19(17)20/h2-8,18,23H,9-16H2,1H3. The van der Waals surface area contributed by atoms with Crippen LogP contribution in [0.2, 0.25) is 0 Å². The van der Waals surface area contributed by atoms with Gasteiger partial charge in [-0.3, -0.25) is 9.80 Å². The number of aliphatic hydroxyl groups excluding tert-OH is 1. The first-order chi connectivity index (χ1) is 12.3. The van der Waals surface area contributed by atoms with Gasteiger partial charge in [0.2, 0.25) is 0 Å². The van der Waals surface area contributed by atoms with Crippen molar-refractivity contribution < 1.29 is 14.6 Å². The Hall–Kier alpha value is -1.66. The summed E-state index contributed by atoms with van der Waals surface area (Å²) >= 11 is 0. The summed E-state index contributed by atoms with van der Waals surface area (Å²) in [5.41, 5.74) is 0. The minimum Gasteiger partial charge on any atom is -0.492 e. The van der Waals surface area contributed by atoms with E-state index in [4.69, 9.17) is 9.47 Å². The number of β-amino-alcohol motifs (C(OH)–C–C–N with tert-alkyl or cyclic N) is 1. The number of ether oxygens (including phenoxy) is 2. The lowest BCUT2D eigenvalue weighted by Crippen LogP contribution is -2.49. The third-order valence-electron chi connectivity index (χ3n) is 4.71. The van der Waals surface area contributed by atoms with Gasteiger partial charge in [-0.25, -0.2) is 0 Å². The van der Waals surface area contributed by atoms with Crippen molar-refractivity contribution in [2.24, 2.45) is 0 Å². The van der Waals surface area contributed by atoms with Crippen LogP contribution in [0.15, 0.2) is 42.5 Å². The van der Waals surface area contributed by atoms with Crippen LogP contribution in [-0.2, 0) is 4.74 Å². The van der Waals surface area contributed by atoms with Gasteiger partial charge in [0.15, 0.2) is 0 Å². The molecule has 5 heteroatoms. The van der Waals surface area contributed by atoms with Crippen LogP contribution in [0.4, 0.5) is 0 Å². The van der Waals surface area contributed by atoms with Crippen molar-refractivity contribution in [1.29, 1.82) is 0 Å². The minimum absolute atomic E-state index is 0.397. The highest BCUT2D eigenvalue weighted by molar-refractivity contribution is 5.88. The van der Waals surface area contributed by atoms with E-state index < -0.39 is 6.10 Å². The van der Waals surface area contributed by atoms with Crippen LogP contribution < -0.4 is 4.74 Å². The lowest BCUT2D eigenvalue weighted by Gasteiger charge is -2.35. The molecule has 1 atom stereocenters. The molecule has 1 fully saturated rings. The zero-order chi connectivity index (χ0) is 17.5. The van der Waals surface area contributed by atoms with Crippen LogP contribution in [0.25, 0.3) is 10.8 Å². The molecule has 1 N–H and O–H groups in total. The Kier molecular flexibility index (Phi) is 6.64. The Balaban J connectivity index is 1.41. The van der Waals surface area contributed by atoms with E-state index >= 15 is 0 Å². The highest BCUT2D eigenvalue weighted by Crippen LogP contribution is 2.25. The molecule has 0 radical (unpaired) electrons. The van der Waals surface area contributed by atoms with Gasteiger partial charge in [-0.2, -0.15) is 0 Å². The quantitative estimate of drug-likeness (QED) is 0.792. The Labute approximate surface area is 149 Å². The Morgan fingerprint density at radius 1 is 1.00 bits per heavy atom. The molecule has 0 amide bonds. The van der Waals surface area contributed by atoms with Gasteiger partial charge >= 0.3 is 0 Å². The van der Waals surface area contributed by atoms with E-state index in [0.29, 0.717) is 19.8 Å². The second-order valence-electron chi connectivity index (χ2n) is 6.58. The van der Waals surface area contributed by atoms with Crippen molar-refractivity contribution in [3.05, 3.63) is 42.5 Å². The molecule has 136 valence electrons. The van der Waals surface area contributed by atoms with Crippen LogP contribution >= 0.6 is 0 Å². The first-order valence-electron chi connectivity index (χ1n) is 8.98. The fraction of sp³-hybridized carbons (Fsp3) is 0.500. The van der Waals surface area contributed by atoms with Gasteiger partial charge in [0, 0.05) is 51.8 Å². The SMILES string of the molecule is COCC(O)CN1CCN(CCOc2cccc3ccccc23)CC1. The van der Waals surface area contributed by atoms with Gasteiger partial charge in [0.25, 0.3) is 0 Å². The third-order valence-corrected chi connectivity index (χ3v) is 4.71. The zero-order valence-electron chi connectivity index (χ0n) is 14.9. The molecule has 0 aromatic heterocycles. The van der Waals surface area contributed by atoms with E-state index in [1.807, 2.05) is 18.2 Å². The number of nitrogens with zero attached hydrogens (tertiary/aromatic N) is 2. The Bertz CT molecular complexity index is 651. The molecular formula is C20H28N2O3. The monoisotopic (exact) mass is 344 g/mol. The number of aliphatic hydroxyl groups is 1. The molecule has 1 aliphatic heterocycles. The average Bonchev–Trinajstić information content (AvgIpc) is 2.63. The number of methoxy groups -OCH3 is 1. The van der Waals surface area contributed by atoms with E-state index in [1.165, 1.54) is 10.8 Å². The van der Waals surface area contributed by atoms with Crippen LogP contribution in [0, 0.1) is 0 Å². The molecule has 0 saturated carbocycles. The number of piperazine rings is 1. The van der Waals surface area contributed by atoms with Crippen molar-refractivity contribution in [3.8, 4) is 5.75 Å². The topological polar surface area (TPSA) is 45.2 Å². The minimum atomic E-state index is -0.397. The highest BCUT2D eigenvalue weighted by atomic mass is 16.5. The van der Waals surface area contributed by atoms with Gasteiger partial charge in [0.05, 0.1) is 12.7 Å². The first kappa shape index (κ1) is 18.1. The Morgan fingerprint density at radius 2 is 1.72 bits per heavy atom. The predicted molar refractivity (Wildman–Crippen MR) is 100 cm³/mol. The van der Waals surface area contributed by atoms with Crippen LogP contribution in [0.1, 0.15) is 0 Å². The summed E-state index contributed by atoms with van der Waals surface area (Å²) in [6.07, 6.45) is -0.397. The number of hydrogen-bond donors (Lipinski definition) is 1. The van der Waals surface area contributed by atoms with Crippen molar-refractivity contribution in [2.45, 2.75) is 6.10 Å². The number of hydrogen-bond acceptors (Lipinski definition) is 5. The molecule has 25 heavy (non-hydrogen) atoms. The van der Waals surface area contributed by atoms with Gasteiger partial charge in [-0.15, -0.1) is 0 Å². The summed E-state index contributed by atoms with van der Waals surface area (Å²) in [5, 5.41) is 12.2. The molecule has 0 aliphatic carbocycles. The third kappa shape index (κ3) is 5.16. The molecule has 5 nitrogen and oxygen atoms in total. The molecule has 2 aromatic rings. The Morgan fingerprint density at radius 3 is 2.52 bits per heavy atom. The van der Waals surface area contributed by atoms with E-state index in [0.717, 1.165) is 38.5 Å². The summed E-state index contributed by atoms with van der Waals surface area (Å²) in [4.78, 5) is 4.72. The van der Waals surface area contributed by atoms with Crippen molar-refractivity contribution in [3.63, 3.8) is 0 Å². The maximum Gasteiger partial charge on any atom is 0.127 e.